The van der Waals surface area contributed by atoms with Crippen LogP contribution in [-0.4, -0.2) is 63.7 Å². The summed E-state index contributed by atoms with van der Waals surface area (Å²) in [5, 5.41) is 17.8. The van der Waals surface area contributed by atoms with Gasteiger partial charge in [0.05, 0.1) is 6.04 Å². The molecule has 0 saturated heterocycles. The lowest BCUT2D eigenvalue weighted by atomic mass is 9.96. The highest BCUT2D eigenvalue weighted by atomic mass is 32.1. The maximum Gasteiger partial charge on any atom is 0.325 e. The lowest BCUT2D eigenvalue weighted by Gasteiger charge is -2.27. The van der Waals surface area contributed by atoms with Crippen LogP contribution in [0.3, 0.4) is 0 Å². The number of carboxylic acid groups (broad SMARTS) is 1. The third-order valence-corrected chi connectivity index (χ3v) is 6.18. The first kappa shape index (κ1) is 27.2. The van der Waals surface area contributed by atoms with Gasteiger partial charge in [0.15, 0.2) is 0 Å². The number of aliphatic carboxylic acids is 1. The Hall–Kier alpha value is -3.05. The number of hydrogen-bond acceptors (Lipinski definition) is 6. The van der Waals surface area contributed by atoms with E-state index in [1.54, 1.807) is 13.1 Å². The van der Waals surface area contributed by atoms with E-state index in [0.717, 1.165) is 16.5 Å². The second-order valence-corrected chi connectivity index (χ2v) is 8.72. The molecule has 1 aromatic heterocycles. The van der Waals surface area contributed by atoms with Gasteiger partial charge in [-0.15, -0.1) is 0 Å². The van der Waals surface area contributed by atoms with Gasteiger partial charge < -0.3 is 31.8 Å². The third-order valence-electron chi connectivity index (χ3n) is 5.79. The summed E-state index contributed by atoms with van der Waals surface area (Å²) in [6, 6.07) is 3.52. The molecule has 0 bridgehead atoms. The number of benzene rings is 1. The number of rotatable bonds is 12. The van der Waals surface area contributed by atoms with Crippen LogP contribution in [0.5, 0.6) is 0 Å². The fraction of sp³-hybridized carbons (Fsp3) is 0.478. The monoisotopic (exact) mass is 491 g/mol. The first-order valence-corrected chi connectivity index (χ1v) is 11.8. The van der Waals surface area contributed by atoms with Crippen LogP contribution in [-0.2, 0) is 25.6 Å². The summed E-state index contributed by atoms with van der Waals surface area (Å²) in [5.74, 6) is -3.10. The van der Waals surface area contributed by atoms with Crippen LogP contribution < -0.4 is 21.7 Å². The van der Waals surface area contributed by atoms with Crippen molar-refractivity contribution in [2.45, 2.75) is 57.8 Å². The standard InChI is InChI=1S/C23H33N5O5S/c1-4-12(2)19(22(31)26-13(3)23(32)33)28-21(30)18(27-20(29)16(24)11-34)9-14-10-25-17-8-6-5-7-15(14)17/h5-8,10,12-13,16,18-19,25,34H,4,9,11,24H2,1-3H3,(H,26,31)(H,27,29)(H,28,30)(H,32,33). The van der Waals surface area contributed by atoms with Crippen molar-refractivity contribution < 1.29 is 24.3 Å². The number of aromatic nitrogens is 1. The molecule has 186 valence electrons. The van der Waals surface area contributed by atoms with Crippen molar-refractivity contribution in [3.63, 3.8) is 0 Å². The zero-order valence-corrected chi connectivity index (χ0v) is 20.4. The zero-order valence-electron chi connectivity index (χ0n) is 19.5. The molecule has 34 heavy (non-hydrogen) atoms. The number of fused-ring (bicyclic) bond motifs is 1. The summed E-state index contributed by atoms with van der Waals surface area (Å²) in [6.07, 6.45) is 2.48. The molecule has 0 aliphatic carbocycles. The molecular formula is C23H33N5O5S. The number of H-pyrrole nitrogens is 1. The van der Waals surface area contributed by atoms with Crippen LogP contribution in [0.25, 0.3) is 10.9 Å². The Balaban J connectivity index is 2.29. The van der Waals surface area contributed by atoms with Gasteiger partial charge in [0.25, 0.3) is 0 Å². The van der Waals surface area contributed by atoms with E-state index in [0.29, 0.717) is 6.42 Å². The lowest BCUT2D eigenvalue weighted by Crippen LogP contribution is -2.59. The summed E-state index contributed by atoms with van der Waals surface area (Å²) >= 11 is 4.04. The van der Waals surface area contributed by atoms with E-state index in [2.05, 4.69) is 33.6 Å². The van der Waals surface area contributed by atoms with Crippen molar-refractivity contribution >= 4 is 47.2 Å². The van der Waals surface area contributed by atoms with Crippen LogP contribution in [0, 0.1) is 5.92 Å². The predicted octanol–water partition coefficient (Wildman–Crippen LogP) is 0.573. The molecule has 1 aromatic carbocycles. The molecule has 3 amide bonds. The van der Waals surface area contributed by atoms with Crippen molar-refractivity contribution in [1.82, 2.24) is 20.9 Å². The van der Waals surface area contributed by atoms with Crippen LogP contribution in [0.1, 0.15) is 32.8 Å². The summed E-state index contributed by atoms with van der Waals surface area (Å²) in [4.78, 5) is 52.9. The third kappa shape index (κ3) is 6.97. The van der Waals surface area contributed by atoms with Crippen molar-refractivity contribution in [2.75, 3.05) is 5.75 Å². The number of thiol groups is 1. The van der Waals surface area contributed by atoms with E-state index >= 15 is 0 Å². The summed E-state index contributed by atoms with van der Waals surface area (Å²) in [6.45, 7) is 4.98. The number of carbonyl (C=O) groups is 4. The molecule has 0 aliphatic heterocycles. The fourth-order valence-corrected chi connectivity index (χ4v) is 3.58. The van der Waals surface area contributed by atoms with Crippen LogP contribution in [0.15, 0.2) is 30.5 Å². The van der Waals surface area contributed by atoms with Crippen molar-refractivity contribution in [2.24, 2.45) is 11.7 Å². The highest BCUT2D eigenvalue weighted by molar-refractivity contribution is 7.80. The highest BCUT2D eigenvalue weighted by Gasteiger charge is 2.32. The van der Waals surface area contributed by atoms with Crippen LogP contribution in [0.2, 0.25) is 0 Å². The van der Waals surface area contributed by atoms with E-state index in [1.165, 1.54) is 6.92 Å². The molecule has 1 heterocycles. The maximum absolute atomic E-state index is 13.3. The normalized spacial score (nSPS) is 15.6. The van der Waals surface area contributed by atoms with Gasteiger partial charge in [-0.25, -0.2) is 0 Å². The maximum atomic E-state index is 13.3. The minimum Gasteiger partial charge on any atom is -0.480 e. The second-order valence-electron chi connectivity index (χ2n) is 8.35. The number of amides is 3. The first-order valence-electron chi connectivity index (χ1n) is 11.1. The Morgan fingerprint density at radius 3 is 2.35 bits per heavy atom. The molecule has 7 N–H and O–H groups in total. The molecule has 0 saturated carbocycles. The molecule has 0 spiro atoms. The summed E-state index contributed by atoms with van der Waals surface area (Å²) in [5.41, 5.74) is 7.47. The molecular weight excluding hydrogens is 458 g/mol. The van der Waals surface area contributed by atoms with Gasteiger partial charge in [0.2, 0.25) is 17.7 Å². The molecule has 0 aliphatic rings. The molecule has 5 unspecified atom stereocenters. The Morgan fingerprint density at radius 1 is 1.06 bits per heavy atom. The van der Waals surface area contributed by atoms with Gasteiger partial charge in [0.1, 0.15) is 18.1 Å². The number of nitrogens with two attached hydrogens (primary N) is 1. The number of para-hydroxylation sites is 1. The van der Waals surface area contributed by atoms with Gasteiger partial charge in [-0.3, -0.25) is 19.2 Å². The fourth-order valence-electron chi connectivity index (χ4n) is 3.41. The lowest BCUT2D eigenvalue weighted by molar-refractivity contribution is -0.142. The Morgan fingerprint density at radius 2 is 1.74 bits per heavy atom. The van der Waals surface area contributed by atoms with Gasteiger partial charge in [-0.1, -0.05) is 38.5 Å². The number of hydrogen-bond donors (Lipinski definition) is 7. The Bertz CT molecular complexity index is 1030. The van der Waals surface area contributed by atoms with Gasteiger partial charge in [-0.2, -0.15) is 12.6 Å². The molecule has 0 fully saturated rings. The summed E-state index contributed by atoms with van der Waals surface area (Å²) in [7, 11) is 0. The van der Waals surface area contributed by atoms with Crippen LogP contribution in [0.4, 0.5) is 0 Å². The van der Waals surface area contributed by atoms with Crippen molar-refractivity contribution in [1.29, 1.82) is 0 Å². The van der Waals surface area contributed by atoms with E-state index in [-0.39, 0.29) is 18.1 Å². The van der Waals surface area contributed by atoms with Crippen molar-refractivity contribution in [3.8, 4) is 0 Å². The van der Waals surface area contributed by atoms with Crippen LogP contribution >= 0.6 is 12.6 Å². The molecule has 2 aromatic rings. The number of carboxylic acids is 1. The molecule has 5 atom stereocenters. The summed E-state index contributed by atoms with van der Waals surface area (Å²) < 4.78 is 0. The van der Waals surface area contributed by atoms with E-state index < -0.39 is 47.9 Å². The predicted molar refractivity (Wildman–Crippen MR) is 132 cm³/mol. The Labute approximate surface area is 203 Å². The van der Waals surface area contributed by atoms with E-state index in [4.69, 9.17) is 10.8 Å². The molecule has 2 rings (SSSR count). The topological polar surface area (TPSA) is 166 Å². The minimum absolute atomic E-state index is 0.0955. The van der Waals surface area contributed by atoms with Crippen molar-refractivity contribution in [3.05, 3.63) is 36.0 Å². The average molecular weight is 492 g/mol. The molecule has 10 nitrogen and oxygen atoms in total. The quantitative estimate of drug-likeness (QED) is 0.214. The number of aromatic amines is 1. The smallest absolute Gasteiger partial charge is 0.325 e. The molecule has 0 radical (unpaired) electrons. The SMILES string of the molecule is CCC(C)C(NC(=O)C(Cc1c[nH]c2ccccc12)NC(=O)C(N)CS)C(=O)NC(C)C(=O)O. The second kappa shape index (κ2) is 12.4. The van der Waals surface area contributed by atoms with Gasteiger partial charge in [-0.05, 0) is 24.5 Å². The van der Waals surface area contributed by atoms with E-state index in [1.807, 2.05) is 31.2 Å². The zero-order chi connectivity index (χ0) is 25.4. The number of nitrogens with one attached hydrogen (secondary N) is 4. The van der Waals surface area contributed by atoms with Gasteiger partial charge in [0, 0.05) is 29.3 Å². The van der Waals surface area contributed by atoms with E-state index in [9.17, 15) is 19.2 Å². The Kier molecular flexibility index (Phi) is 9.94. The van der Waals surface area contributed by atoms with Gasteiger partial charge >= 0.3 is 5.97 Å². The molecule has 11 heteroatoms. The first-order chi connectivity index (χ1) is 16.1. The highest BCUT2D eigenvalue weighted by Crippen LogP contribution is 2.19. The number of carbonyl (C=O) groups excluding carboxylic acids is 3. The largest absolute Gasteiger partial charge is 0.480 e. The average Bonchev–Trinajstić information content (AvgIpc) is 3.23. The minimum atomic E-state index is -1.19.